The van der Waals surface area contributed by atoms with Crippen LogP contribution in [0.3, 0.4) is 0 Å². The highest BCUT2D eigenvalue weighted by Gasteiger charge is 2.44. The van der Waals surface area contributed by atoms with E-state index in [0.29, 0.717) is 31.4 Å². The van der Waals surface area contributed by atoms with Crippen molar-refractivity contribution in [1.29, 1.82) is 0 Å². The minimum Gasteiger partial charge on any atom is -0.379 e. The number of nitrogens with zero attached hydrogens (tertiary/aromatic N) is 3. The van der Waals surface area contributed by atoms with Crippen molar-refractivity contribution in [2.24, 2.45) is 23.7 Å². The first-order valence-electron chi connectivity index (χ1n) is 23.6. The molecule has 1 saturated heterocycles. The number of benzene rings is 2. The minimum atomic E-state index is -5.13. The number of alkyl halides is 3. The molecule has 0 radical (unpaired) electrons. The first-order valence-corrected chi connectivity index (χ1v) is 25.3. The summed E-state index contributed by atoms with van der Waals surface area (Å²) in [5, 5.41) is 7.37. The maximum absolute atomic E-state index is 14.4. The van der Waals surface area contributed by atoms with E-state index in [4.69, 9.17) is 9.47 Å². The van der Waals surface area contributed by atoms with Crippen molar-refractivity contribution in [1.82, 2.24) is 30.1 Å². The van der Waals surface area contributed by atoms with Crippen LogP contribution in [-0.2, 0) is 60.4 Å². The highest BCUT2D eigenvalue weighted by atomic mass is 32.2. The molecule has 1 aliphatic rings. The van der Waals surface area contributed by atoms with Crippen molar-refractivity contribution < 1.29 is 59.8 Å². The van der Waals surface area contributed by atoms with Gasteiger partial charge in [-0.15, -0.1) is 0 Å². The molecule has 0 saturated carbocycles. The fourth-order valence-corrected chi connectivity index (χ4v) is 10.3. The fraction of sp³-hybridized carbons (Fsp3) is 0.633. The molecule has 0 bridgehead atoms. The maximum Gasteiger partial charge on any atom is 0.471 e. The van der Waals surface area contributed by atoms with Gasteiger partial charge in [0.2, 0.25) is 33.7 Å². The number of methoxy groups -OCH3 is 2. The number of carbonyl (C=O) groups excluding carboxylic acids is 6. The van der Waals surface area contributed by atoms with Crippen LogP contribution in [0.5, 0.6) is 0 Å². The van der Waals surface area contributed by atoms with Crippen molar-refractivity contribution in [3.05, 3.63) is 65.7 Å². The largest absolute Gasteiger partial charge is 0.471 e. The average Bonchev–Trinajstić information content (AvgIpc) is 3.77. The molecule has 1 aliphatic heterocycles. The lowest BCUT2D eigenvalue weighted by molar-refractivity contribution is -0.167. The Morgan fingerprint density at radius 3 is 1.94 bits per heavy atom. The van der Waals surface area contributed by atoms with Crippen LogP contribution in [0.1, 0.15) is 85.3 Å². The Bertz CT molecular complexity index is 2170. The number of rotatable bonds is 25. The third-order valence-electron chi connectivity index (χ3n) is 12.9. The monoisotopic (exact) mass is 1010 g/mol. The van der Waals surface area contributed by atoms with Crippen molar-refractivity contribution in [3.63, 3.8) is 0 Å². The summed E-state index contributed by atoms with van der Waals surface area (Å²) in [5.74, 6) is -6.89. The molecule has 17 nitrogen and oxygen atoms in total. The second-order valence-electron chi connectivity index (χ2n) is 19.1. The molecule has 392 valence electrons. The minimum absolute atomic E-state index is 0.0152. The number of likely N-dealkylation sites (N-methyl/N-ethyl adjacent to an activating group) is 2. The van der Waals surface area contributed by atoms with Gasteiger partial charge < -0.3 is 35.2 Å². The Labute approximate surface area is 411 Å². The first kappa shape index (κ1) is 59.2. The van der Waals surface area contributed by atoms with Crippen LogP contribution < -0.4 is 20.7 Å². The van der Waals surface area contributed by atoms with Gasteiger partial charge in [0.15, 0.2) is 0 Å². The number of sulfonamides is 1. The summed E-state index contributed by atoms with van der Waals surface area (Å²) in [6.45, 7) is 13.5. The number of ether oxygens (including phenoxy) is 2. The molecular weight excluding hydrogens is 936 g/mol. The van der Waals surface area contributed by atoms with E-state index in [1.807, 2.05) is 65.3 Å². The van der Waals surface area contributed by atoms with Crippen LogP contribution in [0.25, 0.3) is 0 Å². The lowest BCUT2D eigenvalue weighted by Gasteiger charge is -2.41. The lowest BCUT2D eigenvalue weighted by Crippen LogP contribution is -2.59. The van der Waals surface area contributed by atoms with Crippen LogP contribution in [0, 0.1) is 23.7 Å². The number of halogens is 3. The summed E-state index contributed by atoms with van der Waals surface area (Å²) < 4.78 is 78.6. The molecular formula is C49H74F3N7O10S. The molecule has 3 rings (SSSR count). The molecule has 0 aliphatic carbocycles. The number of nitrogens with one attached hydrogen (secondary N) is 4. The molecule has 70 heavy (non-hydrogen) atoms. The van der Waals surface area contributed by atoms with Gasteiger partial charge in [0.05, 0.1) is 48.4 Å². The number of anilines is 1. The first-order chi connectivity index (χ1) is 32.7. The lowest BCUT2D eigenvalue weighted by atomic mass is 9.89. The van der Waals surface area contributed by atoms with Crippen molar-refractivity contribution in [3.8, 4) is 0 Å². The molecule has 1 heterocycles. The number of hydrogen-bond donors (Lipinski definition) is 4. The summed E-state index contributed by atoms with van der Waals surface area (Å²) in [5.41, 5.74) is 0.469. The van der Waals surface area contributed by atoms with Crippen LogP contribution >= 0.6 is 0 Å². The highest BCUT2D eigenvalue weighted by Crippen LogP contribution is 2.30. The van der Waals surface area contributed by atoms with E-state index in [1.54, 1.807) is 59.4 Å². The van der Waals surface area contributed by atoms with E-state index in [-0.39, 0.29) is 59.6 Å². The predicted octanol–water partition coefficient (Wildman–Crippen LogP) is 4.51. The summed E-state index contributed by atoms with van der Waals surface area (Å²) in [7, 11) is 3.76. The van der Waals surface area contributed by atoms with Gasteiger partial charge in [0.25, 0.3) is 5.91 Å². The zero-order valence-electron chi connectivity index (χ0n) is 42.5. The van der Waals surface area contributed by atoms with Gasteiger partial charge in [-0.3, -0.25) is 38.4 Å². The summed E-state index contributed by atoms with van der Waals surface area (Å²) in [6, 6.07) is 9.25. The standard InChI is InChI=1S/C49H74F3N7O10S/c1-13-31(6)42(58(10)47(64)40(29(2)3)55-46(63)41(30(4)5)57(8)9)38(68-11)27-39(60)59-25-17-20-37(59)43(69-12)32(7)44(61)54-36(26-33-18-15-14-16-19-33)45(62)56-70(66,67)28-34-21-23-35(24-22-34)53-48(65)49(50,51)52/h14-16,18-19,21-24,29-32,36-38,40-43H,13,17,20,25-28H2,1-12H3,(H,53,65)(H,54,61)(H,55,63)(H,56,62)/t31-,32+,36-,37-,38+,40-,41?,42-,43+/m0/s1. The SMILES string of the molecule is CC[C@H](C)[C@@H]([C@@H](CC(=O)N1CCC[C@H]1[C@H](OC)[C@@H](C)C(=O)N[C@@H](Cc1ccccc1)C(=O)NS(=O)(=O)Cc1ccc(NC(=O)C(F)(F)F)cc1)OC)N(C)C(=O)[C@@H](NC(=O)C(C(C)C)N(C)C)C(C)C. The maximum atomic E-state index is 14.4. The third-order valence-corrected chi connectivity index (χ3v) is 14.2. The van der Waals surface area contributed by atoms with Crippen molar-refractivity contribution in [2.75, 3.05) is 47.2 Å². The number of likely N-dealkylation sites (tertiary alicyclic amines) is 1. The van der Waals surface area contributed by atoms with Gasteiger partial charge in [-0.1, -0.05) is 97.4 Å². The van der Waals surface area contributed by atoms with E-state index in [0.717, 1.165) is 12.1 Å². The molecule has 1 unspecified atom stereocenters. The molecule has 2 aromatic rings. The van der Waals surface area contributed by atoms with Crippen LogP contribution in [0.4, 0.5) is 18.9 Å². The van der Waals surface area contributed by atoms with Gasteiger partial charge >= 0.3 is 12.1 Å². The van der Waals surface area contributed by atoms with Crippen LogP contribution in [-0.4, -0.2) is 149 Å². The molecule has 0 spiro atoms. The van der Waals surface area contributed by atoms with Gasteiger partial charge in [-0.25, -0.2) is 8.42 Å². The Morgan fingerprint density at radius 1 is 0.814 bits per heavy atom. The van der Waals surface area contributed by atoms with Gasteiger partial charge in [0, 0.05) is 39.9 Å². The van der Waals surface area contributed by atoms with E-state index < -0.39 is 88.0 Å². The Hall–Kier alpha value is -5.12. The van der Waals surface area contributed by atoms with Crippen molar-refractivity contribution in [2.45, 2.75) is 135 Å². The van der Waals surface area contributed by atoms with E-state index >= 15 is 0 Å². The number of amides is 6. The zero-order chi connectivity index (χ0) is 52.8. The normalized spacial score (nSPS) is 17.7. The van der Waals surface area contributed by atoms with Gasteiger partial charge in [-0.2, -0.15) is 13.2 Å². The third kappa shape index (κ3) is 16.5. The second-order valence-corrected chi connectivity index (χ2v) is 20.8. The van der Waals surface area contributed by atoms with Gasteiger partial charge in [0.1, 0.15) is 12.1 Å². The van der Waals surface area contributed by atoms with Crippen molar-refractivity contribution >= 4 is 51.2 Å². The molecule has 21 heteroatoms. The quantitative estimate of drug-likeness (QED) is 0.109. The molecule has 4 N–H and O–H groups in total. The van der Waals surface area contributed by atoms with Crippen LogP contribution in [0.2, 0.25) is 0 Å². The Kier molecular flexibility index (Phi) is 22.3. The van der Waals surface area contributed by atoms with E-state index in [1.165, 1.54) is 26.4 Å². The van der Waals surface area contributed by atoms with E-state index in [9.17, 15) is 50.4 Å². The zero-order valence-corrected chi connectivity index (χ0v) is 43.3. The summed E-state index contributed by atoms with van der Waals surface area (Å²) in [4.78, 5) is 86.5. The van der Waals surface area contributed by atoms with Crippen LogP contribution in [0.15, 0.2) is 54.6 Å². The molecule has 0 aromatic heterocycles. The molecule has 2 aromatic carbocycles. The smallest absolute Gasteiger partial charge is 0.379 e. The van der Waals surface area contributed by atoms with E-state index in [2.05, 4.69) is 10.6 Å². The topological polar surface area (TPSA) is 213 Å². The highest BCUT2D eigenvalue weighted by molar-refractivity contribution is 7.89. The number of hydrogen-bond acceptors (Lipinski definition) is 11. The molecule has 6 amide bonds. The Balaban J connectivity index is 1.81. The Morgan fingerprint density at radius 2 is 1.43 bits per heavy atom. The molecule has 9 atom stereocenters. The molecule has 1 fully saturated rings. The van der Waals surface area contributed by atoms with Gasteiger partial charge in [-0.05, 0) is 68.0 Å². The fourth-order valence-electron chi connectivity index (χ4n) is 9.14. The number of carbonyl (C=O) groups is 6. The summed E-state index contributed by atoms with van der Waals surface area (Å²) >= 11 is 0. The summed E-state index contributed by atoms with van der Waals surface area (Å²) in [6.07, 6.45) is -5.25. The second kappa shape index (κ2) is 26.4. The predicted molar refractivity (Wildman–Crippen MR) is 259 cm³/mol. The average molecular weight is 1010 g/mol.